The summed E-state index contributed by atoms with van der Waals surface area (Å²) in [7, 11) is 0. The number of aromatic nitrogens is 1. The van der Waals surface area contributed by atoms with Crippen molar-refractivity contribution in [3.05, 3.63) is 39.9 Å². The lowest BCUT2D eigenvalue weighted by atomic mass is 9.98. The second-order valence-electron chi connectivity index (χ2n) is 4.67. The highest BCUT2D eigenvalue weighted by Gasteiger charge is 2.30. The Hall–Kier alpha value is -1.61. The molecule has 1 aromatic heterocycles. The molecule has 2 heterocycles. The van der Waals surface area contributed by atoms with Crippen molar-refractivity contribution < 1.29 is 0 Å². The average molecular weight is 305 g/mol. The number of benzene rings is 1. The summed E-state index contributed by atoms with van der Waals surface area (Å²) in [4.78, 5) is 6.90. The van der Waals surface area contributed by atoms with Crippen molar-refractivity contribution in [3.8, 4) is 6.07 Å². The summed E-state index contributed by atoms with van der Waals surface area (Å²) in [5.41, 5.74) is 8.14. The summed E-state index contributed by atoms with van der Waals surface area (Å²) in [5, 5.41) is 10.1. The second kappa shape index (κ2) is 5.41. The van der Waals surface area contributed by atoms with Gasteiger partial charge < -0.3 is 10.6 Å². The zero-order chi connectivity index (χ0) is 14.1. The normalized spacial score (nSPS) is 17.1. The van der Waals surface area contributed by atoms with Crippen molar-refractivity contribution in [3.63, 3.8) is 0 Å². The molecule has 4 nitrogen and oxygen atoms in total. The van der Waals surface area contributed by atoms with Gasteiger partial charge in [-0.2, -0.15) is 5.26 Å². The van der Waals surface area contributed by atoms with E-state index in [-0.39, 0.29) is 5.15 Å². The van der Waals surface area contributed by atoms with Gasteiger partial charge >= 0.3 is 0 Å². The lowest BCUT2D eigenvalue weighted by Gasteiger charge is -2.16. The van der Waals surface area contributed by atoms with Crippen LogP contribution in [0.1, 0.15) is 22.8 Å². The van der Waals surface area contributed by atoms with Crippen molar-refractivity contribution >= 4 is 33.8 Å². The van der Waals surface area contributed by atoms with Gasteiger partial charge in [-0.1, -0.05) is 41.1 Å². The Balaban J connectivity index is 2.01. The van der Waals surface area contributed by atoms with Crippen LogP contribution >= 0.6 is 22.9 Å². The smallest absolute Gasteiger partial charge is 0.192 e. The molecular formula is C14H13ClN4S. The van der Waals surface area contributed by atoms with Gasteiger partial charge in [-0.15, -0.1) is 0 Å². The van der Waals surface area contributed by atoms with E-state index in [0.717, 1.165) is 23.8 Å². The Bertz CT molecular complexity index is 676. The fraction of sp³-hybridized carbons (Fsp3) is 0.286. The van der Waals surface area contributed by atoms with Crippen LogP contribution in [0, 0.1) is 11.3 Å². The van der Waals surface area contributed by atoms with E-state index in [0.29, 0.717) is 17.3 Å². The van der Waals surface area contributed by atoms with Crippen LogP contribution < -0.4 is 10.6 Å². The minimum Gasteiger partial charge on any atom is -0.330 e. The molecule has 0 saturated heterocycles. The van der Waals surface area contributed by atoms with Crippen molar-refractivity contribution in [1.82, 2.24) is 4.98 Å². The number of hydrogen-bond donors (Lipinski definition) is 1. The number of hydrogen-bond acceptors (Lipinski definition) is 5. The van der Waals surface area contributed by atoms with Crippen LogP contribution in [0.5, 0.6) is 0 Å². The Labute approximate surface area is 126 Å². The number of nitriles is 1. The second-order valence-corrected chi connectivity index (χ2v) is 6.01. The first kappa shape index (κ1) is 13.4. The van der Waals surface area contributed by atoms with Crippen molar-refractivity contribution in [2.75, 3.05) is 18.0 Å². The molecule has 102 valence electrons. The van der Waals surface area contributed by atoms with Gasteiger partial charge in [0.1, 0.15) is 10.9 Å². The molecule has 20 heavy (non-hydrogen) atoms. The van der Waals surface area contributed by atoms with Crippen LogP contribution in [0.4, 0.5) is 10.8 Å². The fourth-order valence-electron chi connectivity index (χ4n) is 2.60. The van der Waals surface area contributed by atoms with Crippen LogP contribution in [0.2, 0.25) is 5.15 Å². The van der Waals surface area contributed by atoms with Crippen LogP contribution in [0.25, 0.3) is 0 Å². The van der Waals surface area contributed by atoms with Gasteiger partial charge in [-0.3, -0.25) is 0 Å². The molecule has 0 fully saturated rings. The third kappa shape index (κ3) is 2.16. The van der Waals surface area contributed by atoms with Gasteiger partial charge in [0.2, 0.25) is 0 Å². The zero-order valence-corrected chi connectivity index (χ0v) is 12.3. The number of nitrogens with zero attached hydrogens (tertiary/aromatic N) is 3. The molecular weight excluding hydrogens is 292 g/mol. The molecule has 0 amide bonds. The third-order valence-electron chi connectivity index (χ3n) is 3.49. The number of thiazole rings is 1. The fourth-order valence-corrected chi connectivity index (χ4v) is 3.67. The van der Waals surface area contributed by atoms with Crippen LogP contribution in [0.15, 0.2) is 24.3 Å². The number of fused-ring (bicyclic) bond motifs is 1. The van der Waals surface area contributed by atoms with Gasteiger partial charge in [-0.05, 0) is 24.6 Å². The average Bonchev–Trinajstić information content (AvgIpc) is 3.01. The van der Waals surface area contributed by atoms with Gasteiger partial charge in [-0.25, -0.2) is 4.98 Å². The Morgan fingerprint density at radius 1 is 1.50 bits per heavy atom. The monoisotopic (exact) mass is 304 g/mol. The summed E-state index contributed by atoms with van der Waals surface area (Å²) in [6.07, 6.45) is 0.942. The highest BCUT2D eigenvalue weighted by Crippen LogP contribution is 2.44. The molecule has 1 aliphatic rings. The van der Waals surface area contributed by atoms with Crippen LogP contribution in [-0.4, -0.2) is 18.1 Å². The van der Waals surface area contributed by atoms with Crippen LogP contribution in [-0.2, 0) is 0 Å². The van der Waals surface area contributed by atoms with E-state index in [9.17, 15) is 0 Å². The number of para-hydroxylation sites is 1. The first-order valence-electron chi connectivity index (χ1n) is 6.37. The van der Waals surface area contributed by atoms with Gasteiger partial charge in [0.05, 0.1) is 0 Å². The van der Waals surface area contributed by atoms with E-state index in [2.05, 4.69) is 28.1 Å². The number of nitrogens with two attached hydrogens (primary N) is 1. The molecule has 1 aliphatic heterocycles. The van der Waals surface area contributed by atoms with E-state index < -0.39 is 0 Å². The van der Waals surface area contributed by atoms with Crippen molar-refractivity contribution in [2.24, 2.45) is 5.73 Å². The van der Waals surface area contributed by atoms with Gasteiger partial charge in [0.25, 0.3) is 0 Å². The van der Waals surface area contributed by atoms with Crippen LogP contribution in [0.3, 0.4) is 0 Å². The quantitative estimate of drug-likeness (QED) is 0.945. The molecule has 1 unspecified atom stereocenters. The molecule has 0 radical (unpaired) electrons. The molecule has 0 spiro atoms. The highest BCUT2D eigenvalue weighted by atomic mass is 35.5. The molecule has 6 heteroatoms. The van der Waals surface area contributed by atoms with E-state index >= 15 is 0 Å². The van der Waals surface area contributed by atoms with E-state index in [1.54, 1.807) is 0 Å². The predicted octanol–water partition coefficient (Wildman–Crippen LogP) is 3.25. The number of anilines is 2. The number of rotatable bonds is 3. The third-order valence-corrected chi connectivity index (χ3v) is 4.86. The maximum atomic E-state index is 9.01. The first-order valence-corrected chi connectivity index (χ1v) is 7.57. The molecule has 1 aromatic carbocycles. The summed E-state index contributed by atoms with van der Waals surface area (Å²) in [6.45, 7) is 1.50. The number of halogens is 1. The summed E-state index contributed by atoms with van der Waals surface area (Å²) in [5.74, 6) is 0.407. The summed E-state index contributed by atoms with van der Waals surface area (Å²) >= 11 is 7.31. The SMILES string of the molecule is N#Cc1sc(N2CC(CCN)c3ccccc32)nc1Cl. The first-order chi connectivity index (χ1) is 9.74. The minimum absolute atomic E-state index is 0.284. The van der Waals surface area contributed by atoms with Gasteiger partial charge in [0, 0.05) is 18.2 Å². The largest absolute Gasteiger partial charge is 0.330 e. The maximum absolute atomic E-state index is 9.01. The molecule has 0 saturated carbocycles. The molecule has 0 bridgehead atoms. The molecule has 2 aromatic rings. The van der Waals surface area contributed by atoms with Crippen molar-refractivity contribution in [2.45, 2.75) is 12.3 Å². The van der Waals surface area contributed by atoms with E-state index in [1.807, 2.05) is 12.1 Å². The topological polar surface area (TPSA) is 65.9 Å². The lowest BCUT2D eigenvalue weighted by Crippen LogP contribution is -2.17. The minimum atomic E-state index is 0.284. The standard InChI is InChI=1S/C14H13ClN4S/c15-13-12(7-17)20-14(18-13)19-8-9(5-6-16)10-3-1-2-4-11(10)19/h1-4,9H,5-6,8,16H2. The predicted molar refractivity (Wildman–Crippen MR) is 81.7 cm³/mol. The summed E-state index contributed by atoms with van der Waals surface area (Å²) in [6, 6.07) is 10.3. The Morgan fingerprint density at radius 3 is 3.00 bits per heavy atom. The van der Waals surface area contributed by atoms with Gasteiger partial charge in [0.15, 0.2) is 10.3 Å². The maximum Gasteiger partial charge on any atom is 0.192 e. The molecule has 0 aliphatic carbocycles. The van der Waals surface area contributed by atoms with E-state index in [1.165, 1.54) is 16.9 Å². The highest BCUT2D eigenvalue weighted by molar-refractivity contribution is 7.16. The molecule has 1 atom stereocenters. The van der Waals surface area contributed by atoms with E-state index in [4.69, 9.17) is 22.6 Å². The molecule has 2 N–H and O–H groups in total. The Morgan fingerprint density at radius 2 is 2.30 bits per heavy atom. The van der Waals surface area contributed by atoms with Crippen molar-refractivity contribution in [1.29, 1.82) is 5.26 Å². The zero-order valence-electron chi connectivity index (χ0n) is 10.7. The summed E-state index contributed by atoms with van der Waals surface area (Å²) < 4.78 is 0. The lowest BCUT2D eigenvalue weighted by molar-refractivity contribution is 0.668. The molecule has 3 rings (SSSR count). The Kier molecular flexibility index (Phi) is 3.62.